The van der Waals surface area contributed by atoms with Gasteiger partial charge in [-0.05, 0) is 12.5 Å². The molecule has 2 N–H and O–H groups in total. The van der Waals surface area contributed by atoms with Crippen molar-refractivity contribution in [3.05, 3.63) is 35.9 Å². The van der Waals surface area contributed by atoms with Gasteiger partial charge in [-0.2, -0.15) is 0 Å². The van der Waals surface area contributed by atoms with Crippen LogP contribution < -0.4 is 5.32 Å². The Hall–Kier alpha value is -0.850. The Bertz CT molecular complexity index is 373. The van der Waals surface area contributed by atoms with Crippen LogP contribution in [0.15, 0.2) is 30.3 Å². The number of alkyl halides is 2. The van der Waals surface area contributed by atoms with Crippen molar-refractivity contribution >= 4 is 11.1 Å². The molecule has 0 aromatic heterocycles. The summed E-state index contributed by atoms with van der Waals surface area (Å²) >= 11 is -2.48. The fourth-order valence-electron chi connectivity index (χ4n) is 1.39. The highest BCUT2D eigenvalue weighted by atomic mass is 32.2. The molecule has 1 rings (SSSR count). The minimum atomic E-state index is -3.18. The quantitative estimate of drug-likeness (QED) is 0.774. The number of benzene rings is 1. The molecule has 3 nitrogen and oxygen atoms in total. The fraction of sp³-hybridized carbons (Fsp3) is 0.455. The van der Waals surface area contributed by atoms with Gasteiger partial charge in [0.2, 0.25) is 0 Å². The number of rotatable bonds is 6. The van der Waals surface area contributed by atoms with Gasteiger partial charge >= 0.3 is 0 Å². The largest absolute Gasteiger partial charge is 0.306 e. The smallest absolute Gasteiger partial charge is 0.273 e. The van der Waals surface area contributed by atoms with Crippen molar-refractivity contribution in [1.82, 2.24) is 5.32 Å². The number of halogens is 2. The average Bonchev–Trinajstić information content (AvgIpc) is 2.25. The second kappa shape index (κ2) is 6.18. The number of hydrogen-bond acceptors (Lipinski definition) is 2. The monoisotopic (exact) mass is 263 g/mol. The summed E-state index contributed by atoms with van der Waals surface area (Å²) in [6, 6.07) is 8.94. The Balaban J connectivity index is 2.48. The fourth-order valence-corrected chi connectivity index (χ4v) is 1.86. The molecule has 1 aromatic carbocycles. The highest BCUT2D eigenvalue weighted by molar-refractivity contribution is 7.79. The van der Waals surface area contributed by atoms with Gasteiger partial charge in [-0.3, -0.25) is 0 Å². The molecular formula is C11H15F2NO2S. The van der Waals surface area contributed by atoms with Crippen LogP contribution in [0.3, 0.4) is 0 Å². The lowest BCUT2D eigenvalue weighted by Crippen LogP contribution is -2.38. The van der Waals surface area contributed by atoms with E-state index in [2.05, 4.69) is 5.32 Å². The van der Waals surface area contributed by atoms with Gasteiger partial charge in [0.1, 0.15) is 5.75 Å². The SMILES string of the molecule is C[C@H](NCC(F)(F)CS(=O)O)c1ccccc1. The van der Waals surface area contributed by atoms with E-state index in [1.165, 1.54) is 0 Å². The molecule has 0 spiro atoms. The van der Waals surface area contributed by atoms with Crippen molar-refractivity contribution in [2.75, 3.05) is 12.3 Å². The van der Waals surface area contributed by atoms with Gasteiger partial charge in [0, 0.05) is 6.04 Å². The Kier molecular flexibility index (Phi) is 5.17. The van der Waals surface area contributed by atoms with Crippen molar-refractivity contribution < 1.29 is 17.5 Å². The zero-order valence-electron chi connectivity index (χ0n) is 9.40. The first-order valence-corrected chi connectivity index (χ1v) is 6.42. The summed E-state index contributed by atoms with van der Waals surface area (Å²) in [5.41, 5.74) is 0.897. The molecule has 0 amide bonds. The molecule has 6 heteroatoms. The molecule has 0 aliphatic rings. The van der Waals surface area contributed by atoms with Crippen molar-refractivity contribution in [1.29, 1.82) is 0 Å². The van der Waals surface area contributed by atoms with Gasteiger partial charge in [0.25, 0.3) is 5.92 Å². The highest BCUT2D eigenvalue weighted by Crippen LogP contribution is 2.17. The second-order valence-corrected chi connectivity index (χ2v) is 4.77. The van der Waals surface area contributed by atoms with Gasteiger partial charge in [0.05, 0.1) is 6.54 Å². The zero-order chi connectivity index (χ0) is 12.9. The number of hydrogen-bond donors (Lipinski definition) is 2. The molecule has 0 aliphatic heterocycles. The van der Waals surface area contributed by atoms with Crippen molar-refractivity contribution in [3.8, 4) is 0 Å². The van der Waals surface area contributed by atoms with E-state index in [9.17, 15) is 13.0 Å². The van der Waals surface area contributed by atoms with Crippen LogP contribution in [0.5, 0.6) is 0 Å². The van der Waals surface area contributed by atoms with Crippen LogP contribution in [-0.4, -0.2) is 27.0 Å². The Morgan fingerprint density at radius 1 is 1.41 bits per heavy atom. The number of nitrogens with one attached hydrogen (secondary N) is 1. The molecule has 1 aromatic rings. The standard InChI is InChI=1S/C11H15F2NO2S/c1-9(10-5-3-2-4-6-10)14-7-11(12,13)8-17(15)16/h2-6,9,14H,7-8H2,1H3,(H,15,16)/t9-/m0/s1. The molecule has 0 saturated heterocycles. The molecule has 0 heterocycles. The summed E-state index contributed by atoms with van der Waals surface area (Å²) in [6.07, 6.45) is 0. The van der Waals surface area contributed by atoms with Gasteiger partial charge in [-0.15, -0.1) is 0 Å². The average molecular weight is 263 g/mol. The first-order valence-electron chi connectivity index (χ1n) is 5.14. The highest BCUT2D eigenvalue weighted by Gasteiger charge is 2.31. The maximum absolute atomic E-state index is 13.1. The first-order chi connectivity index (χ1) is 7.91. The van der Waals surface area contributed by atoms with Crippen LogP contribution in [0, 0.1) is 0 Å². The Labute approximate surface area is 102 Å². The molecule has 0 bridgehead atoms. The van der Waals surface area contributed by atoms with Crippen LogP contribution in [-0.2, 0) is 11.1 Å². The van der Waals surface area contributed by atoms with Crippen LogP contribution in [0.25, 0.3) is 0 Å². The molecule has 0 fully saturated rings. The summed E-state index contributed by atoms with van der Waals surface area (Å²) in [5.74, 6) is -4.22. The first kappa shape index (κ1) is 14.2. The van der Waals surface area contributed by atoms with Crippen LogP contribution in [0.2, 0.25) is 0 Å². The third kappa shape index (κ3) is 5.34. The van der Waals surface area contributed by atoms with E-state index in [-0.39, 0.29) is 6.04 Å². The minimum absolute atomic E-state index is 0.228. The summed E-state index contributed by atoms with van der Waals surface area (Å²) in [7, 11) is 0. The lowest BCUT2D eigenvalue weighted by molar-refractivity contribution is 0.0237. The predicted octanol–water partition coefficient (Wildman–Crippen LogP) is 2.19. The van der Waals surface area contributed by atoms with Gasteiger partial charge in [-0.1, -0.05) is 30.3 Å². The van der Waals surface area contributed by atoms with Crippen molar-refractivity contribution in [2.45, 2.75) is 18.9 Å². The lowest BCUT2D eigenvalue weighted by Gasteiger charge is -2.19. The molecule has 17 heavy (non-hydrogen) atoms. The lowest BCUT2D eigenvalue weighted by atomic mass is 10.1. The minimum Gasteiger partial charge on any atom is -0.306 e. The Morgan fingerprint density at radius 2 is 2.00 bits per heavy atom. The summed E-state index contributed by atoms with van der Waals surface area (Å²) < 4.78 is 45.0. The van der Waals surface area contributed by atoms with E-state index in [1.807, 2.05) is 30.3 Å². The molecule has 0 saturated carbocycles. The van der Waals surface area contributed by atoms with E-state index in [1.54, 1.807) is 6.92 Å². The van der Waals surface area contributed by atoms with Gasteiger partial charge < -0.3 is 9.87 Å². The normalized spacial score (nSPS) is 15.5. The molecule has 2 atom stereocenters. The molecule has 1 unspecified atom stereocenters. The van der Waals surface area contributed by atoms with Crippen LogP contribution in [0.1, 0.15) is 18.5 Å². The van der Waals surface area contributed by atoms with Gasteiger partial charge in [0.15, 0.2) is 11.1 Å². The maximum Gasteiger partial charge on any atom is 0.273 e. The molecular weight excluding hydrogens is 248 g/mol. The predicted molar refractivity (Wildman–Crippen MR) is 63.4 cm³/mol. The van der Waals surface area contributed by atoms with Crippen LogP contribution in [0.4, 0.5) is 8.78 Å². The van der Waals surface area contributed by atoms with Gasteiger partial charge in [-0.25, -0.2) is 13.0 Å². The molecule has 0 radical (unpaired) electrons. The van der Waals surface area contributed by atoms with Crippen molar-refractivity contribution in [2.24, 2.45) is 0 Å². The van der Waals surface area contributed by atoms with E-state index >= 15 is 0 Å². The summed E-state index contributed by atoms with van der Waals surface area (Å²) in [5, 5.41) is 2.65. The second-order valence-electron chi connectivity index (χ2n) is 3.84. The van der Waals surface area contributed by atoms with E-state index in [4.69, 9.17) is 4.55 Å². The molecule has 96 valence electrons. The van der Waals surface area contributed by atoms with Crippen LogP contribution >= 0.6 is 0 Å². The summed E-state index contributed by atoms with van der Waals surface area (Å²) in [4.78, 5) is 0. The van der Waals surface area contributed by atoms with E-state index in [0.29, 0.717) is 0 Å². The maximum atomic E-state index is 13.1. The molecule has 0 aliphatic carbocycles. The Morgan fingerprint density at radius 3 is 2.53 bits per heavy atom. The van der Waals surface area contributed by atoms with Crippen molar-refractivity contribution in [3.63, 3.8) is 0 Å². The summed E-state index contributed by atoms with van der Waals surface area (Å²) in [6.45, 7) is 1.15. The third-order valence-corrected chi connectivity index (χ3v) is 2.97. The van der Waals surface area contributed by atoms with E-state index < -0.39 is 29.3 Å². The zero-order valence-corrected chi connectivity index (χ0v) is 10.2. The topological polar surface area (TPSA) is 49.3 Å². The van der Waals surface area contributed by atoms with E-state index in [0.717, 1.165) is 5.56 Å². The third-order valence-electron chi connectivity index (χ3n) is 2.30.